The molecule has 0 amide bonds. The van der Waals surface area contributed by atoms with Gasteiger partial charge in [0.15, 0.2) is 11.5 Å². The Morgan fingerprint density at radius 1 is 1.24 bits per heavy atom. The minimum absolute atomic E-state index is 0.00277. The number of rotatable bonds is 5. The van der Waals surface area contributed by atoms with Gasteiger partial charge in [-0.05, 0) is 29.8 Å². The maximum atomic E-state index is 10.9. The summed E-state index contributed by atoms with van der Waals surface area (Å²) in [6, 6.07) is 8.72. The van der Waals surface area contributed by atoms with E-state index < -0.39 is 4.92 Å². The van der Waals surface area contributed by atoms with Gasteiger partial charge in [0.2, 0.25) is 0 Å². The number of ether oxygens (including phenoxy) is 1. The van der Waals surface area contributed by atoms with Gasteiger partial charge >= 0.3 is 0 Å². The number of methoxy groups -OCH3 is 1. The van der Waals surface area contributed by atoms with Crippen LogP contribution in [0.15, 0.2) is 36.4 Å². The molecule has 21 heavy (non-hydrogen) atoms. The molecule has 0 spiro atoms. The van der Waals surface area contributed by atoms with Crippen LogP contribution in [0.5, 0.6) is 17.2 Å². The Morgan fingerprint density at radius 3 is 2.62 bits per heavy atom. The highest BCUT2D eigenvalue weighted by molar-refractivity contribution is 5.63. The molecular weight excluding hydrogens is 276 g/mol. The summed E-state index contributed by atoms with van der Waals surface area (Å²) in [5.74, 6) is 0.181. The van der Waals surface area contributed by atoms with Gasteiger partial charge in [0, 0.05) is 6.54 Å². The first-order valence-corrected chi connectivity index (χ1v) is 6.08. The van der Waals surface area contributed by atoms with Gasteiger partial charge in [-0.1, -0.05) is 6.07 Å². The van der Waals surface area contributed by atoms with E-state index in [0.29, 0.717) is 5.75 Å². The van der Waals surface area contributed by atoms with Gasteiger partial charge in [-0.2, -0.15) is 0 Å². The Morgan fingerprint density at radius 2 is 2.00 bits per heavy atom. The summed E-state index contributed by atoms with van der Waals surface area (Å²) in [5.41, 5.74) is 0.802. The summed E-state index contributed by atoms with van der Waals surface area (Å²) in [7, 11) is 1.45. The number of nitrogens with one attached hydrogen (secondary N) is 1. The molecule has 2 aromatic rings. The fraction of sp³-hybridized carbons (Fsp3) is 0.143. The molecular formula is C14H14N2O5. The smallest absolute Gasteiger partial charge is 0.296 e. The van der Waals surface area contributed by atoms with E-state index in [9.17, 15) is 20.3 Å². The van der Waals surface area contributed by atoms with Crippen molar-refractivity contribution >= 4 is 11.4 Å². The number of phenolic OH excluding ortho intramolecular Hbond substituents is 2. The second-order valence-corrected chi connectivity index (χ2v) is 4.32. The van der Waals surface area contributed by atoms with Crippen molar-refractivity contribution in [2.45, 2.75) is 6.54 Å². The number of benzene rings is 2. The van der Waals surface area contributed by atoms with Gasteiger partial charge in [0.25, 0.3) is 5.69 Å². The van der Waals surface area contributed by atoms with E-state index in [0.717, 1.165) is 11.6 Å². The molecule has 0 aliphatic carbocycles. The molecule has 2 rings (SSSR count). The highest BCUT2D eigenvalue weighted by atomic mass is 16.6. The summed E-state index contributed by atoms with van der Waals surface area (Å²) >= 11 is 0. The lowest BCUT2D eigenvalue weighted by Crippen LogP contribution is -2.02. The van der Waals surface area contributed by atoms with E-state index in [2.05, 4.69) is 5.32 Å². The van der Waals surface area contributed by atoms with E-state index >= 15 is 0 Å². The quantitative estimate of drug-likeness (QED) is 0.444. The van der Waals surface area contributed by atoms with E-state index in [1.165, 1.54) is 25.3 Å². The molecule has 0 unspecified atom stereocenters. The van der Waals surface area contributed by atoms with Crippen molar-refractivity contribution in [1.82, 2.24) is 0 Å². The van der Waals surface area contributed by atoms with Gasteiger partial charge in [-0.15, -0.1) is 0 Å². The van der Waals surface area contributed by atoms with Crippen LogP contribution in [0.25, 0.3) is 0 Å². The minimum atomic E-state index is -0.576. The lowest BCUT2D eigenvalue weighted by atomic mass is 10.2. The van der Waals surface area contributed by atoms with Crippen molar-refractivity contribution in [2.24, 2.45) is 0 Å². The maximum Gasteiger partial charge on any atom is 0.296 e. The highest BCUT2D eigenvalue weighted by Crippen LogP contribution is 2.30. The molecule has 0 radical (unpaired) electrons. The highest BCUT2D eigenvalue weighted by Gasteiger charge is 2.14. The summed E-state index contributed by atoms with van der Waals surface area (Å²) in [6.45, 7) is 0.281. The molecule has 0 aliphatic heterocycles. The molecule has 3 N–H and O–H groups in total. The molecule has 110 valence electrons. The van der Waals surface area contributed by atoms with Gasteiger partial charge in [0.05, 0.1) is 18.1 Å². The fourth-order valence-electron chi connectivity index (χ4n) is 1.86. The number of phenols is 2. The van der Waals surface area contributed by atoms with Crippen LogP contribution in [0, 0.1) is 10.1 Å². The largest absolute Gasteiger partial charge is 0.508 e. The van der Waals surface area contributed by atoms with Crippen LogP contribution < -0.4 is 10.1 Å². The first-order valence-electron chi connectivity index (χ1n) is 6.08. The molecule has 7 heteroatoms. The number of nitro benzene ring substituents is 1. The third kappa shape index (κ3) is 3.33. The van der Waals surface area contributed by atoms with Crippen LogP contribution in [-0.4, -0.2) is 22.2 Å². The van der Waals surface area contributed by atoms with E-state index in [4.69, 9.17) is 4.74 Å². The molecule has 0 bridgehead atoms. The Balaban J connectivity index is 2.16. The Bertz CT molecular complexity index is 672. The van der Waals surface area contributed by atoms with Gasteiger partial charge in [0.1, 0.15) is 11.4 Å². The van der Waals surface area contributed by atoms with Gasteiger partial charge in [-0.3, -0.25) is 10.1 Å². The lowest BCUT2D eigenvalue weighted by Gasteiger charge is -2.09. The van der Waals surface area contributed by atoms with Crippen molar-refractivity contribution in [3.05, 3.63) is 52.1 Å². The normalized spacial score (nSPS) is 10.1. The Hall–Kier alpha value is -2.96. The second-order valence-electron chi connectivity index (χ2n) is 4.32. The molecule has 0 saturated heterocycles. The number of anilines is 1. The lowest BCUT2D eigenvalue weighted by molar-refractivity contribution is -0.384. The average molecular weight is 290 g/mol. The zero-order chi connectivity index (χ0) is 15.4. The average Bonchev–Trinajstić information content (AvgIpc) is 2.46. The topological polar surface area (TPSA) is 105 Å². The molecule has 0 fully saturated rings. The second kappa shape index (κ2) is 6.00. The Kier molecular flexibility index (Phi) is 4.13. The first kappa shape index (κ1) is 14.4. The minimum Gasteiger partial charge on any atom is -0.508 e. The summed E-state index contributed by atoms with van der Waals surface area (Å²) in [5, 5.41) is 32.8. The first-order chi connectivity index (χ1) is 10.0. The number of aromatic hydroxyl groups is 2. The van der Waals surface area contributed by atoms with E-state index in [-0.39, 0.29) is 29.4 Å². The van der Waals surface area contributed by atoms with Crippen LogP contribution in [-0.2, 0) is 6.54 Å². The number of hydrogen-bond acceptors (Lipinski definition) is 6. The van der Waals surface area contributed by atoms with Crippen LogP contribution in [0.4, 0.5) is 11.4 Å². The Labute approximate surface area is 120 Å². The summed E-state index contributed by atoms with van der Waals surface area (Å²) in [4.78, 5) is 10.3. The number of hydrogen-bond donors (Lipinski definition) is 3. The summed E-state index contributed by atoms with van der Waals surface area (Å²) in [6.07, 6.45) is 0. The number of nitro groups is 1. The van der Waals surface area contributed by atoms with Crippen molar-refractivity contribution in [3.63, 3.8) is 0 Å². The molecule has 7 nitrogen and oxygen atoms in total. The van der Waals surface area contributed by atoms with E-state index in [1.54, 1.807) is 12.1 Å². The molecule has 2 aromatic carbocycles. The van der Waals surface area contributed by atoms with Gasteiger partial charge in [-0.25, -0.2) is 0 Å². The van der Waals surface area contributed by atoms with Crippen LogP contribution >= 0.6 is 0 Å². The molecule has 0 atom stereocenters. The zero-order valence-electron chi connectivity index (χ0n) is 11.2. The number of nitrogens with zero attached hydrogens (tertiary/aromatic N) is 1. The maximum absolute atomic E-state index is 10.9. The molecule has 0 aliphatic rings. The van der Waals surface area contributed by atoms with Gasteiger partial charge < -0.3 is 20.3 Å². The third-order valence-corrected chi connectivity index (χ3v) is 2.90. The zero-order valence-corrected chi connectivity index (χ0v) is 11.2. The van der Waals surface area contributed by atoms with Crippen LogP contribution in [0.1, 0.15) is 5.56 Å². The van der Waals surface area contributed by atoms with Crippen molar-refractivity contribution < 1.29 is 19.9 Å². The predicted octanol–water partition coefficient (Wildman–Crippen LogP) is 2.63. The van der Waals surface area contributed by atoms with Crippen molar-refractivity contribution in [1.29, 1.82) is 0 Å². The molecule has 0 heterocycles. The SMILES string of the molecule is COc1ccc(CNc2ccc(O)cc2[N+](=O)[O-])cc1O. The van der Waals surface area contributed by atoms with Crippen LogP contribution in [0.3, 0.4) is 0 Å². The molecule has 0 aromatic heterocycles. The summed E-state index contributed by atoms with van der Waals surface area (Å²) < 4.78 is 4.94. The molecule has 0 saturated carbocycles. The van der Waals surface area contributed by atoms with Crippen molar-refractivity contribution in [2.75, 3.05) is 12.4 Å². The predicted molar refractivity (Wildman–Crippen MR) is 76.7 cm³/mol. The monoisotopic (exact) mass is 290 g/mol. The van der Waals surface area contributed by atoms with Crippen molar-refractivity contribution in [3.8, 4) is 17.2 Å². The standard InChI is InChI=1S/C14H14N2O5/c1-21-14-5-2-9(6-13(14)18)8-15-11-4-3-10(17)7-12(11)16(19)20/h2-7,15,17-18H,8H2,1H3. The fourth-order valence-corrected chi connectivity index (χ4v) is 1.86. The third-order valence-electron chi connectivity index (χ3n) is 2.90. The van der Waals surface area contributed by atoms with Crippen LogP contribution in [0.2, 0.25) is 0 Å². The van der Waals surface area contributed by atoms with E-state index in [1.807, 2.05) is 0 Å².